The first-order chi connectivity index (χ1) is 9.98. The Bertz CT molecular complexity index is 217. The lowest BCUT2D eigenvalue weighted by Crippen LogP contribution is -2.45. The summed E-state index contributed by atoms with van der Waals surface area (Å²) < 4.78 is 0. The minimum Gasteiger partial charge on any atom is -0.388 e. The summed E-state index contributed by atoms with van der Waals surface area (Å²) in [7, 11) is 3.99. The van der Waals surface area contributed by atoms with Crippen LogP contribution in [-0.4, -0.2) is 49.3 Å². The molecule has 0 aliphatic heterocycles. The van der Waals surface area contributed by atoms with Crippen LogP contribution in [0.4, 0.5) is 0 Å². The fraction of sp³-hybridized carbons (Fsp3) is 1.00. The molecule has 3 nitrogen and oxygen atoms in total. The molecule has 0 aliphatic carbocycles. The predicted molar refractivity (Wildman–Crippen MR) is 93.9 cm³/mol. The van der Waals surface area contributed by atoms with Crippen LogP contribution < -0.4 is 5.32 Å². The number of rotatable bonds is 15. The van der Waals surface area contributed by atoms with Crippen LogP contribution >= 0.6 is 0 Å². The van der Waals surface area contributed by atoms with Gasteiger partial charge in [-0.3, -0.25) is 0 Å². The van der Waals surface area contributed by atoms with Gasteiger partial charge in [0.25, 0.3) is 0 Å². The molecular formula is C18H40N2O. The topological polar surface area (TPSA) is 35.5 Å². The van der Waals surface area contributed by atoms with Crippen LogP contribution in [0.5, 0.6) is 0 Å². The van der Waals surface area contributed by atoms with Crippen LogP contribution in [0.3, 0.4) is 0 Å². The van der Waals surface area contributed by atoms with E-state index in [2.05, 4.69) is 12.2 Å². The molecule has 0 saturated carbocycles. The molecule has 1 atom stereocenters. The lowest BCUT2D eigenvalue weighted by molar-refractivity contribution is 0.0339. The van der Waals surface area contributed by atoms with Crippen LogP contribution in [0.15, 0.2) is 0 Å². The summed E-state index contributed by atoms with van der Waals surface area (Å²) in [6.45, 7) is 6.59. The van der Waals surface area contributed by atoms with E-state index in [4.69, 9.17) is 0 Å². The van der Waals surface area contributed by atoms with Crippen LogP contribution in [-0.2, 0) is 0 Å². The number of aliphatic hydroxyl groups is 1. The Morgan fingerprint density at radius 3 is 1.81 bits per heavy atom. The molecule has 0 saturated heterocycles. The Morgan fingerprint density at radius 1 is 0.857 bits per heavy atom. The Labute approximate surface area is 133 Å². The number of hydrogen-bond donors (Lipinski definition) is 2. The first-order valence-corrected chi connectivity index (χ1v) is 9.06. The van der Waals surface area contributed by atoms with Crippen LogP contribution in [0.2, 0.25) is 0 Å². The lowest BCUT2D eigenvalue weighted by Gasteiger charge is -2.27. The molecule has 1 unspecified atom stereocenters. The predicted octanol–water partition coefficient (Wildman–Crippen LogP) is 3.81. The zero-order valence-corrected chi connectivity index (χ0v) is 15.1. The molecular weight excluding hydrogens is 260 g/mol. The minimum absolute atomic E-state index is 0.623. The first kappa shape index (κ1) is 20.9. The van der Waals surface area contributed by atoms with E-state index in [-0.39, 0.29) is 0 Å². The van der Waals surface area contributed by atoms with Gasteiger partial charge in [0.2, 0.25) is 0 Å². The van der Waals surface area contributed by atoms with Gasteiger partial charge in [-0.2, -0.15) is 0 Å². The van der Waals surface area contributed by atoms with Crippen molar-refractivity contribution in [2.45, 2.75) is 83.7 Å². The van der Waals surface area contributed by atoms with E-state index in [1.807, 2.05) is 25.9 Å². The van der Waals surface area contributed by atoms with Gasteiger partial charge in [-0.1, -0.05) is 64.7 Å². The molecule has 0 aliphatic rings. The number of nitrogens with zero attached hydrogens (tertiary/aromatic N) is 1. The lowest BCUT2D eigenvalue weighted by atomic mass is 10.1. The van der Waals surface area contributed by atoms with E-state index in [1.165, 1.54) is 64.2 Å². The third-order valence-electron chi connectivity index (χ3n) is 3.87. The summed E-state index contributed by atoms with van der Waals surface area (Å²) in [5.74, 6) is 0. The van der Waals surface area contributed by atoms with Crippen molar-refractivity contribution in [3.8, 4) is 0 Å². The van der Waals surface area contributed by atoms with Crippen molar-refractivity contribution >= 4 is 0 Å². The van der Waals surface area contributed by atoms with Crippen molar-refractivity contribution in [1.29, 1.82) is 0 Å². The second kappa shape index (κ2) is 13.5. The van der Waals surface area contributed by atoms with Crippen LogP contribution in [0.1, 0.15) is 78.1 Å². The second-order valence-corrected chi connectivity index (χ2v) is 7.09. The molecule has 0 amide bonds. The van der Waals surface area contributed by atoms with E-state index in [1.54, 1.807) is 0 Å². The maximum absolute atomic E-state index is 10.1. The molecule has 0 fully saturated rings. The maximum atomic E-state index is 10.1. The minimum atomic E-state index is -0.623. The Balaban J connectivity index is 3.22. The first-order valence-electron chi connectivity index (χ1n) is 9.06. The average molecular weight is 301 g/mol. The highest BCUT2D eigenvalue weighted by Crippen LogP contribution is 2.10. The monoisotopic (exact) mass is 300 g/mol. The SMILES string of the molecule is CCCCCCCCCCCCNCC(C)(O)CN(C)C. The quantitative estimate of drug-likeness (QED) is 0.451. The third kappa shape index (κ3) is 16.1. The smallest absolute Gasteiger partial charge is 0.0869 e. The van der Waals surface area contributed by atoms with Gasteiger partial charge in [0, 0.05) is 13.1 Å². The highest BCUT2D eigenvalue weighted by atomic mass is 16.3. The van der Waals surface area contributed by atoms with Crippen molar-refractivity contribution in [2.75, 3.05) is 33.7 Å². The highest BCUT2D eigenvalue weighted by molar-refractivity contribution is 4.77. The molecule has 21 heavy (non-hydrogen) atoms. The maximum Gasteiger partial charge on any atom is 0.0869 e. The van der Waals surface area contributed by atoms with E-state index in [0.717, 1.165) is 6.54 Å². The average Bonchev–Trinajstić information content (AvgIpc) is 2.38. The van der Waals surface area contributed by atoms with Gasteiger partial charge in [0.1, 0.15) is 0 Å². The third-order valence-corrected chi connectivity index (χ3v) is 3.87. The molecule has 128 valence electrons. The fourth-order valence-corrected chi connectivity index (χ4v) is 2.83. The number of nitrogens with one attached hydrogen (secondary N) is 1. The molecule has 0 aromatic heterocycles. The normalized spacial score (nSPS) is 14.6. The molecule has 0 spiro atoms. The fourth-order valence-electron chi connectivity index (χ4n) is 2.83. The Morgan fingerprint density at radius 2 is 1.33 bits per heavy atom. The summed E-state index contributed by atoms with van der Waals surface area (Å²) in [6.07, 6.45) is 13.7. The number of unbranched alkanes of at least 4 members (excludes halogenated alkanes) is 9. The van der Waals surface area contributed by atoms with Crippen molar-refractivity contribution < 1.29 is 5.11 Å². The molecule has 0 aromatic rings. The summed E-state index contributed by atoms with van der Waals surface area (Å²) in [5.41, 5.74) is -0.623. The van der Waals surface area contributed by atoms with Crippen molar-refractivity contribution in [2.24, 2.45) is 0 Å². The number of likely N-dealkylation sites (N-methyl/N-ethyl adjacent to an activating group) is 1. The van der Waals surface area contributed by atoms with Crippen molar-refractivity contribution in [3.05, 3.63) is 0 Å². The van der Waals surface area contributed by atoms with Crippen molar-refractivity contribution in [3.63, 3.8) is 0 Å². The molecule has 0 rings (SSSR count). The summed E-state index contributed by atoms with van der Waals surface area (Å²) in [4.78, 5) is 2.03. The van der Waals surface area contributed by atoms with E-state index < -0.39 is 5.60 Å². The van der Waals surface area contributed by atoms with Crippen LogP contribution in [0, 0.1) is 0 Å². The molecule has 0 bridgehead atoms. The second-order valence-electron chi connectivity index (χ2n) is 7.09. The van der Waals surface area contributed by atoms with Crippen molar-refractivity contribution in [1.82, 2.24) is 10.2 Å². The number of hydrogen-bond acceptors (Lipinski definition) is 3. The largest absolute Gasteiger partial charge is 0.388 e. The molecule has 0 heterocycles. The van der Waals surface area contributed by atoms with Crippen LogP contribution in [0.25, 0.3) is 0 Å². The van der Waals surface area contributed by atoms with E-state index in [9.17, 15) is 5.11 Å². The Kier molecular flexibility index (Phi) is 13.5. The van der Waals surface area contributed by atoms with Gasteiger partial charge in [-0.05, 0) is 34.0 Å². The summed E-state index contributed by atoms with van der Waals surface area (Å²) in [5, 5.41) is 13.5. The standard InChI is InChI=1S/C18H40N2O/c1-5-6-7-8-9-10-11-12-13-14-15-19-16-18(2,21)17-20(3)4/h19,21H,5-17H2,1-4H3. The molecule has 0 radical (unpaired) electrons. The van der Waals surface area contributed by atoms with Gasteiger partial charge in [-0.15, -0.1) is 0 Å². The van der Waals surface area contributed by atoms with Gasteiger partial charge in [0.15, 0.2) is 0 Å². The van der Waals surface area contributed by atoms with Gasteiger partial charge in [0.05, 0.1) is 5.60 Å². The molecule has 2 N–H and O–H groups in total. The Hall–Kier alpha value is -0.120. The zero-order valence-electron chi connectivity index (χ0n) is 15.1. The van der Waals surface area contributed by atoms with E-state index in [0.29, 0.717) is 13.1 Å². The van der Waals surface area contributed by atoms with Gasteiger partial charge >= 0.3 is 0 Å². The highest BCUT2D eigenvalue weighted by Gasteiger charge is 2.20. The molecule has 3 heteroatoms. The van der Waals surface area contributed by atoms with Gasteiger partial charge in [-0.25, -0.2) is 0 Å². The van der Waals surface area contributed by atoms with Gasteiger partial charge < -0.3 is 15.3 Å². The molecule has 0 aromatic carbocycles. The summed E-state index contributed by atoms with van der Waals surface area (Å²) in [6, 6.07) is 0. The summed E-state index contributed by atoms with van der Waals surface area (Å²) >= 11 is 0. The zero-order chi connectivity index (χ0) is 16.0. The van der Waals surface area contributed by atoms with E-state index >= 15 is 0 Å².